The van der Waals surface area contributed by atoms with E-state index in [1.807, 2.05) is 0 Å². The van der Waals surface area contributed by atoms with Crippen LogP contribution in [0.5, 0.6) is 0 Å². The Morgan fingerprint density at radius 1 is 1.06 bits per heavy atom. The monoisotopic (exact) mass is 238 g/mol. The van der Waals surface area contributed by atoms with Crippen LogP contribution >= 0.6 is 0 Å². The summed E-state index contributed by atoms with van der Waals surface area (Å²) in [6.07, 6.45) is 11.4. The van der Waals surface area contributed by atoms with E-state index < -0.39 is 0 Å². The summed E-state index contributed by atoms with van der Waals surface area (Å²) in [5.74, 6) is 1.16. The molecule has 0 heterocycles. The zero-order chi connectivity index (χ0) is 11.9. The van der Waals surface area contributed by atoms with Gasteiger partial charge in [-0.25, -0.2) is 0 Å². The number of hydrogen-bond donors (Lipinski definition) is 2. The highest BCUT2D eigenvalue weighted by Crippen LogP contribution is 2.28. The van der Waals surface area contributed by atoms with Crippen LogP contribution < -0.4 is 10.6 Å². The Morgan fingerprint density at radius 2 is 1.82 bits per heavy atom. The highest BCUT2D eigenvalue weighted by Gasteiger charge is 2.20. The van der Waals surface area contributed by atoms with Crippen molar-refractivity contribution in [2.75, 3.05) is 13.1 Å². The molecule has 0 aromatic heterocycles. The van der Waals surface area contributed by atoms with E-state index in [1.165, 1.54) is 44.9 Å². The predicted octanol–water partition coefficient (Wildman–Crippen LogP) is 2.22. The van der Waals surface area contributed by atoms with E-state index in [0.717, 1.165) is 25.4 Å². The summed E-state index contributed by atoms with van der Waals surface area (Å²) in [5.41, 5.74) is 0. The lowest BCUT2D eigenvalue weighted by atomic mass is 10.0. The molecule has 2 aliphatic rings. The second-order valence-electron chi connectivity index (χ2n) is 5.62. The van der Waals surface area contributed by atoms with Gasteiger partial charge >= 0.3 is 0 Å². The van der Waals surface area contributed by atoms with E-state index in [4.69, 9.17) is 0 Å². The lowest BCUT2D eigenvalue weighted by Gasteiger charge is -2.09. The molecule has 0 aromatic carbocycles. The number of nitrogens with one attached hydrogen (secondary N) is 2. The topological polar surface area (TPSA) is 41.1 Å². The highest BCUT2D eigenvalue weighted by molar-refractivity contribution is 5.75. The molecular formula is C14H26N2O. The predicted molar refractivity (Wildman–Crippen MR) is 69.8 cm³/mol. The van der Waals surface area contributed by atoms with Crippen LogP contribution in [0.2, 0.25) is 0 Å². The Bertz CT molecular complexity index is 232. The van der Waals surface area contributed by atoms with Gasteiger partial charge in [-0.2, -0.15) is 0 Å². The third-order valence-corrected chi connectivity index (χ3v) is 3.95. The van der Waals surface area contributed by atoms with Crippen LogP contribution in [0.25, 0.3) is 0 Å². The minimum absolute atomic E-state index is 0.213. The number of carbonyl (C=O) groups is 1. The summed E-state index contributed by atoms with van der Waals surface area (Å²) in [5, 5.41) is 6.38. The fourth-order valence-corrected chi connectivity index (χ4v) is 2.68. The van der Waals surface area contributed by atoms with Gasteiger partial charge in [-0.05, 0) is 31.6 Å². The molecule has 2 fully saturated rings. The summed E-state index contributed by atoms with van der Waals surface area (Å²) in [6.45, 7) is 1.72. The van der Waals surface area contributed by atoms with Gasteiger partial charge in [0.05, 0.1) is 0 Å². The first kappa shape index (κ1) is 12.9. The van der Waals surface area contributed by atoms with Gasteiger partial charge in [0.15, 0.2) is 0 Å². The van der Waals surface area contributed by atoms with Gasteiger partial charge in [-0.1, -0.05) is 25.7 Å². The molecule has 0 bridgehead atoms. The van der Waals surface area contributed by atoms with E-state index in [-0.39, 0.29) is 5.91 Å². The normalized spacial score (nSPS) is 20.7. The Balaban J connectivity index is 1.39. The maximum absolute atomic E-state index is 11.5. The zero-order valence-corrected chi connectivity index (χ0v) is 10.8. The molecule has 2 N–H and O–H groups in total. The maximum Gasteiger partial charge on any atom is 0.221 e. The number of carbonyl (C=O) groups excluding carboxylic acids is 1. The molecule has 98 valence electrons. The van der Waals surface area contributed by atoms with Crippen molar-refractivity contribution in [1.82, 2.24) is 10.6 Å². The van der Waals surface area contributed by atoms with Crippen LogP contribution in [-0.4, -0.2) is 25.0 Å². The van der Waals surface area contributed by atoms with Crippen molar-refractivity contribution < 1.29 is 4.79 Å². The summed E-state index contributed by atoms with van der Waals surface area (Å²) in [6, 6.07) is 0.713. The van der Waals surface area contributed by atoms with Crippen LogP contribution in [0.4, 0.5) is 0 Å². The van der Waals surface area contributed by atoms with Gasteiger partial charge in [0.2, 0.25) is 5.91 Å². The first-order valence-corrected chi connectivity index (χ1v) is 7.34. The standard InChI is InChI=1S/C14H26N2O/c17-14(9-11-15-13-7-8-13)16-10-3-6-12-4-1-2-5-12/h12-13,15H,1-11H2,(H,16,17). The van der Waals surface area contributed by atoms with E-state index in [1.54, 1.807) is 0 Å². The highest BCUT2D eigenvalue weighted by atomic mass is 16.1. The quantitative estimate of drug-likeness (QED) is 0.637. The van der Waals surface area contributed by atoms with Gasteiger partial charge in [0.1, 0.15) is 0 Å². The van der Waals surface area contributed by atoms with E-state index in [0.29, 0.717) is 12.5 Å². The Kier molecular flexibility index (Phi) is 5.30. The fraction of sp³-hybridized carbons (Fsp3) is 0.929. The maximum atomic E-state index is 11.5. The summed E-state index contributed by atoms with van der Waals surface area (Å²) < 4.78 is 0. The van der Waals surface area contributed by atoms with Gasteiger partial charge < -0.3 is 10.6 Å². The summed E-state index contributed by atoms with van der Waals surface area (Å²) >= 11 is 0. The minimum Gasteiger partial charge on any atom is -0.356 e. The molecule has 0 aromatic rings. The minimum atomic E-state index is 0.213. The van der Waals surface area contributed by atoms with E-state index >= 15 is 0 Å². The first-order valence-electron chi connectivity index (χ1n) is 7.34. The van der Waals surface area contributed by atoms with Crippen LogP contribution in [0.1, 0.15) is 57.8 Å². The molecule has 2 saturated carbocycles. The molecule has 3 nitrogen and oxygen atoms in total. The van der Waals surface area contributed by atoms with E-state index in [2.05, 4.69) is 10.6 Å². The number of hydrogen-bond acceptors (Lipinski definition) is 2. The van der Waals surface area contributed by atoms with E-state index in [9.17, 15) is 4.79 Å². The molecule has 2 aliphatic carbocycles. The molecule has 0 unspecified atom stereocenters. The summed E-state index contributed by atoms with van der Waals surface area (Å²) in [4.78, 5) is 11.5. The third-order valence-electron chi connectivity index (χ3n) is 3.95. The van der Waals surface area contributed by atoms with Crippen molar-refractivity contribution >= 4 is 5.91 Å². The SMILES string of the molecule is O=C(CCNC1CC1)NCCCC1CCCC1. The average Bonchev–Trinajstić information content (AvgIpc) is 3.00. The third kappa shape index (κ3) is 5.53. The van der Waals surface area contributed by atoms with Crippen LogP contribution in [0, 0.1) is 5.92 Å². The second-order valence-corrected chi connectivity index (χ2v) is 5.62. The van der Waals surface area contributed by atoms with Crippen molar-refractivity contribution in [3.05, 3.63) is 0 Å². The molecule has 3 heteroatoms. The van der Waals surface area contributed by atoms with Crippen molar-refractivity contribution in [3.63, 3.8) is 0 Å². The van der Waals surface area contributed by atoms with Gasteiger partial charge in [0.25, 0.3) is 0 Å². The molecule has 0 atom stereocenters. The zero-order valence-electron chi connectivity index (χ0n) is 10.8. The van der Waals surface area contributed by atoms with Crippen molar-refractivity contribution in [2.24, 2.45) is 5.92 Å². The van der Waals surface area contributed by atoms with Crippen LogP contribution in [-0.2, 0) is 4.79 Å². The molecule has 17 heavy (non-hydrogen) atoms. The number of amides is 1. The van der Waals surface area contributed by atoms with Gasteiger partial charge in [-0.3, -0.25) is 4.79 Å². The van der Waals surface area contributed by atoms with Crippen molar-refractivity contribution in [2.45, 2.75) is 63.8 Å². The number of rotatable bonds is 8. The molecular weight excluding hydrogens is 212 g/mol. The van der Waals surface area contributed by atoms with Crippen LogP contribution in [0.3, 0.4) is 0 Å². The molecule has 0 saturated heterocycles. The molecule has 0 spiro atoms. The largest absolute Gasteiger partial charge is 0.356 e. The molecule has 0 aliphatic heterocycles. The van der Waals surface area contributed by atoms with Gasteiger partial charge in [-0.15, -0.1) is 0 Å². The Morgan fingerprint density at radius 3 is 2.53 bits per heavy atom. The summed E-state index contributed by atoms with van der Waals surface area (Å²) in [7, 11) is 0. The van der Waals surface area contributed by atoms with Gasteiger partial charge in [0, 0.05) is 25.6 Å². The first-order chi connectivity index (χ1) is 8.34. The second kappa shape index (κ2) is 7.00. The Hall–Kier alpha value is -0.570. The molecule has 1 amide bonds. The smallest absolute Gasteiger partial charge is 0.221 e. The Labute approximate surface area is 105 Å². The molecule has 0 radical (unpaired) electrons. The fourth-order valence-electron chi connectivity index (χ4n) is 2.68. The van der Waals surface area contributed by atoms with Crippen molar-refractivity contribution in [1.29, 1.82) is 0 Å². The van der Waals surface area contributed by atoms with Crippen LogP contribution in [0.15, 0.2) is 0 Å². The lowest BCUT2D eigenvalue weighted by Crippen LogP contribution is -2.29. The molecule has 2 rings (SSSR count). The van der Waals surface area contributed by atoms with Crippen molar-refractivity contribution in [3.8, 4) is 0 Å². The average molecular weight is 238 g/mol. The lowest BCUT2D eigenvalue weighted by molar-refractivity contribution is -0.121.